The van der Waals surface area contributed by atoms with Gasteiger partial charge in [0, 0.05) is 33.9 Å². The van der Waals surface area contributed by atoms with Gasteiger partial charge in [-0.05, 0) is 37.6 Å². The van der Waals surface area contributed by atoms with Crippen molar-refractivity contribution >= 4 is 9.84 Å². The van der Waals surface area contributed by atoms with E-state index in [9.17, 15) is 8.42 Å². The van der Waals surface area contributed by atoms with Crippen LogP contribution in [0.3, 0.4) is 0 Å². The lowest BCUT2D eigenvalue weighted by Crippen LogP contribution is -2.26. The molecule has 2 fully saturated rings. The van der Waals surface area contributed by atoms with Crippen LogP contribution in [0.15, 0.2) is 11.4 Å². The summed E-state index contributed by atoms with van der Waals surface area (Å²) in [6.07, 6.45) is 8.39. The lowest BCUT2D eigenvalue weighted by atomic mass is 9.91. The Labute approximate surface area is 169 Å². The summed E-state index contributed by atoms with van der Waals surface area (Å²) in [7, 11) is -0.0119. The molecule has 1 aliphatic heterocycles. The third kappa shape index (κ3) is 5.55. The SMILES string of the molecule is COCCn1c(CN2CCC(COC)C2)cnc1S(=O)(=O)CC1CCCCC1. The van der Waals surface area contributed by atoms with E-state index in [2.05, 4.69) is 9.88 Å². The van der Waals surface area contributed by atoms with Crippen molar-refractivity contribution in [3.8, 4) is 0 Å². The van der Waals surface area contributed by atoms with Crippen molar-refractivity contribution < 1.29 is 17.9 Å². The molecule has 0 amide bonds. The minimum Gasteiger partial charge on any atom is -0.384 e. The van der Waals surface area contributed by atoms with Crippen molar-refractivity contribution in [1.82, 2.24) is 14.5 Å². The van der Waals surface area contributed by atoms with Gasteiger partial charge in [0.1, 0.15) is 0 Å². The quantitative estimate of drug-likeness (QED) is 0.586. The van der Waals surface area contributed by atoms with Crippen LogP contribution in [0, 0.1) is 11.8 Å². The van der Waals surface area contributed by atoms with Gasteiger partial charge in [0.15, 0.2) is 0 Å². The predicted molar refractivity (Wildman–Crippen MR) is 108 cm³/mol. The molecule has 2 aliphatic rings. The zero-order valence-corrected chi connectivity index (χ0v) is 18.1. The molecule has 160 valence electrons. The van der Waals surface area contributed by atoms with E-state index in [1.807, 2.05) is 4.57 Å². The number of ether oxygens (including phenoxy) is 2. The van der Waals surface area contributed by atoms with E-state index in [4.69, 9.17) is 9.47 Å². The van der Waals surface area contributed by atoms with Crippen molar-refractivity contribution in [3.05, 3.63) is 11.9 Å². The van der Waals surface area contributed by atoms with Crippen molar-refractivity contribution in [2.24, 2.45) is 11.8 Å². The molecule has 1 saturated heterocycles. The largest absolute Gasteiger partial charge is 0.384 e. The number of imidazole rings is 1. The summed E-state index contributed by atoms with van der Waals surface area (Å²) in [5, 5.41) is 0.220. The van der Waals surface area contributed by atoms with E-state index >= 15 is 0 Å². The van der Waals surface area contributed by atoms with E-state index in [1.165, 1.54) is 6.42 Å². The molecule has 0 aromatic carbocycles. The fourth-order valence-electron chi connectivity index (χ4n) is 4.58. The van der Waals surface area contributed by atoms with Gasteiger partial charge in [0.2, 0.25) is 15.0 Å². The molecule has 3 rings (SSSR count). The predicted octanol–water partition coefficient (Wildman–Crippen LogP) is 2.35. The second-order valence-corrected chi connectivity index (χ2v) is 10.2. The van der Waals surface area contributed by atoms with Crippen LogP contribution in [0.5, 0.6) is 0 Å². The van der Waals surface area contributed by atoms with E-state index < -0.39 is 9.84 Å². The Balaban J connectivity index is 1.73. The average Bonchev–Trinajstić information content (AvgIpc) is 3.28. The van der Waals surface area contributed by atoms with E-state index in [-0.39, 0.29) is 16.8 Å². The summed E-state index contributed by atoms with van der Waals surface area (Å²) >= 11 is 0. The first-order chi connectivity index (χ1) is 13.5. The summed E-state index contributed by atoms with van der Waals surface area (Å²) in [6, 6.07) is 0. The maximum absolute atomic E-state index is 13.1. The lowest BCUT2D eigenvalue weighted by Gasteiger charge is -2.22. The van der Waals surface area contributed by atoms with Crippen molar-refractivity contribution in [1.29, 1.82) is 0 Å². The molecule has 0 N–H and O–H groups in total. The van der Waals surface area contributed by atoms with E-state index in [1.54, 1.807) is 20.4 Å². The van der Waals surface area contributed by atoms with Crippen molar-refractivity contribution in [3.63, 3.8) is 0 Å². The van der Waals surface area contributed by atoms with Crippen LogP contribution in [0.1, 0.15) is 44.2 Å². The zero-order valence-electron chi connectivity index (χ0n) is 17.3. The van der Waals surface area contributed by atoms with Crippen LogP contribution in [0.25, 0.3) is 0 Å². The number of methoxy groups -OCH3 is 2. The highest BCUT2D eigenvalue weighted by atomic mass is 32.2. The first-order valence-electron chi connectivity index (χ1n) is 10.5. The molecule has 8 heteroatoms. The Morgan fingerprint density at radius 3 is 2.61 bits per heavy atom. The van der Waals surface area contributed by atoms with Gasteiger partial charge in [-0.3, -0.25) is 4.90 Å². The normalized spacial score (nSPS) is 22.1. The molecular formula is C20H35N3O4S. The lowest BCUT2D eigenvalue weighted by molar-refractivity contribution is 0.152. The second-order valence-electron chi connectivity index (χ2n) is 8.31. The van der Waals surface area contributed by atoms with E-state index in [0.717, 1.165) is 64.0 Å². The zero-order chi connectivity index (χ0) is 20.0. The molecule has 0 bridgehead atoms. The van der Waals surface area contributed by atoms with Gasteiger partial charge in [0.05, 0.1) is 30.9 Å². The van der Waals surface area contributed by atoms with Crippen LogP contribution in [-0.2, 0) is 32.4 Å². The highest BCUT2D eigenvalue weighted by molar-refractivity contribution is 7.91. The number of aromatic nitrogens is 2. The Hall–Kier alpha value is -0.960. The number of likely N-dealkylation sites (tertiary alicyclic amines) is 1. The summed E-state index contributed by atoms with van der Waals surface area (Å²) in [5.74, 6) is 1.04. The van der Waals surface area contributed by atoms with Crippen molar-refractivity contribution in [2.75, 3.05) is 46.3 Å². The number of hydrogen-bond donors (Lipinski definition) is 0. The number of nitrogens with zero attached hydrogens (tertiary/aromatic N) is 3. The van der Waals surface area contributed by atoms with Crippen LogP contribution >= 0.6 is 0 Å². The smallest absolute Gasteiger partial charge is 0.227 e. The van der Waals surface area contributed by atoms with Gasteiger partial charge in [-0.15, -0.1) is 0 Å². The second kappa shape index (κ2) is 10.2. The number of rotatable bonds is 10. The third-order valence-corrected chi connectivity index (χ3v) is 7.83. The minimum absolute atomic E-state index is 0.218. The molecule has 0 spiro atoms. The van der Waals surface area contributed by atoms with Gasteiger partial charge >= 0.3 is 0 Å². The molecule has 1 aromatic rings. The molecule has 1 aromatic heterocycles. The molecule has 1 atom stereocenters. The topological polar surface area (TPSA) is 73.7 Å². The maximum Gasteiger partial charge on any atom is 0.227 e. The summed E-state index contributed by atoms with van der Waals surface area (Å²) in [5.41, 5.74) is 0.956. The molecule has 1 aliphatic carbocycles. The Morgan fingerprint density at radius 1 is 1.11 bits per heavy atom. The first-order valence-corrected chi connectivity index (χ1v) is 12.2. The molecule has 1 saturated carbocycles. The van der Waals surface area contributed by atoms with Gasteiger partial charge in [0.25, 0.3) is 0 Å². The summed E-state index contributed by atoms with van der Waals surface area (Å²) in [6.45, 7) is 4.47. The fourth-order valence-corrected chi connectivity index (χ4v) is 6.44. The minimum atomic E-state index is -3.40. The monoisotopic (exact) mass is 413 g/mol. The van der Waals surface area contributed by atoms with Crippen LogP contribution < -0.4 is 0 Å². The molecule has 1 unspecified atom stereocenters. The first kappa shape index (κ1) is 21.7. The fraction of sp³-hybridized carbons (Fsp3) is 0.850. The summed E-state index contributed by atoms with van der Waals surface area (Å²) < 4.78 is 38.6. The van der Waals surface area contributed by atoms with Crippen LogP contribution in [0.2, 0.25) is 0 Å². The van der Waals surface area contributed by atoms with Gasteiger partial charge in [-0.1, -0.05) is 19.3 Å². The van der Waals surface area contributed by atoms with Crippen LogP contribution in [0.4, 0.5) is 0 Å². The standard InChI is InChI=1S/C20H35N3O4S/c1-26-11-10-23-19(14-22-9-8-18(13-22)15-27-2)12-21-20(23)28(24,25)16-17-6-4-3-5-7-17/h12,17-18H,3-11,13-16H2,1-2H3. The van der Waals surface area contributed by atoms with Gasteiger partial charge in [-0.2, -0.15) is 0 Å². The van der Waals surface area contributed by atoms with E-state index in [0.29, 0.717) is 19.1 Å². The van der Waals surface area contributed by atoms with Crippen LogP contribution in [-0.4, -0.2) is 69.1 Å². The molecule has 7 nitrogen and oxygen atoms in total. The molecule has 28 heavy (non-hydrogen) atoms. The Morgan fingerprint density at radius 2 is 1.89 bits per heavy atom. The maximum atomic E-state index is 13.1. The number of hydrogen-bond acceptors (Lipinski definition) is 6. The van der Waals surface area contributed by atoms with Crippen molar-refractivity contribution in [2.45, 2.75) is 56.8 Å². The third-order valence-electron chi connectivity index (χ3n) is 6.04. The van der Waals surface area contributed by atoms with Gasteiger partial charge < -0.3 is 14.0 Å². The molecule has 0 radical (unpaired) electrons. The highest BCUT2D eigenvalue weighted by Gasteiger charge is 2.29. The number of sulfone groups is 1. The molecular weight excluding hydrogens is 378 g/mol. The molecule has 2 heterocycles. The van der Waals surface area contributed by atoms with Gasteiger partial charge in [-0.25, -0.2) is 13.4 Å². The Kier molecular flexibility index (Phi) is 7.91. The average molecular weight is 414 g/mol. The Bertz CT molecular complexity index is 713. The highest BCUT2D eigenvalue weighted by Crippen LogP contribution is 2.27. The summed E-state index contributed by atoms with van der Waals surface area (Å²) in [4.78, 5) is 6.73.